The molecular weight excluding hydrogens is 194 g/mol. The van der Waals surface area contributed by atoms with Crippen molar-refractivity contribution in [3.63, 3.8) is 0 Å². The van der Waals surface area contributed by atoms with Gasteiger partial charge in [0.25, 0.3) is 0 Å². The fourth-order valence-electron chi connectivity index (χ4n) is 1.93. The zero-order chi connectivity index (χ0) is 10.7. The molecular formula is C9H17N5O. The van der Waals surface area contributed by atoms with Crippen LogP contribution in [0.5, 0.6) is 0 Å². The Bertz CT molecular complexity index is 318. The Kier molecular flexibility index (Phi) is 2.97. The summed E-state index contributed by atoms with van der Waals surface area (Å²) in [6.07, 6.45) is 2.93. The number of hydrogen-bond acceptors (Lipinski definition) is 5. The highest BCUT2D eigenvalue weighted by molar-refractivity contribution is 5.00. The highest BCUT2D eigenvalue weighted by Gasteiger charge is 2.36. The van der Waals surface area contributed by atoms with Crippen molar-refractivity contribution in [1.29, 1.82) is 0 Å². The van der Waals surface area contributed by atoms with Gasteiger partial charge in [-0.05, 0) is 43.2 Å². The van der Waals surface area contributed by atoms with E-state index in [4.69, 9.17) is 10.5 Å². The van der Waals surface area contributed by atoms with Crippen molar-refractivity contribution in [2.24, 2.45) is 5.73 Å². The first-order valence-corrected chi connectivity index (χ1v) is 5.37. The normalized spacial score (nSPS) is 26.0. The number of tetrazole rings is 1. The summed E-state index contributed by atoms with van der Waals surface area (Å²) in [5, 5.41) is 11.7. The van der Waals surface area contributed by atoms with Crippen LogP contribution in [0, 0.1) is 0 Å². The van der Waals surface area contributed by atoms with Gasteiger partial charge in [0.2, 0.25) is 0 Å². The van der Waals surface area contributed by atoms with Gasteiger partial charge in [-0.15, -0.1) is 5.10 Å². The van der Waals surface area contributed by atoms with Crippen LogP contribution >= 0.6 is 0 Å². The van der Waals surface area contributed by atoms with Crippen molar-refractivity contribution in [2.45, 2.75) is 38.3 Å². The largest absolute Gasteiger partial charge is 0.367 e. The average molecular weight is 211 g/mol. The molecule has 1 saturated heterocycles. The predicted molar refractivity (Wildman–Crippen MR) is 54.0 cm³/mol. The van der Waals surface area contributed by atoms with E-state index in [1.807, 2.05) is 6.92 Å². The van der Waals surface area contributed by atoms with E-state index in [2.05, 4.69) is 15.5 Å². The number of aromatic nitrogens is 4. The van der Waals surface area contributed by atoms with Crippen molar-refractivity contribution in [3.8, 4) is 0 Å². The van der Waals surface area contributed by atoms with E-state index >= 15 is 0 Å². The minimum atomic E-state index is -0.307. The molecule has 2 N–H and O–H groups in total. The molecule has 0 bridgehead atoms. The van der Waals surface area contributed by atoms with Crippen molar-refractivity contribution in [1.82, 2.24) is 20.2 Å². The Morgan fingerprint density at radius 3 is 3.13 bits per heavy atom. The third-order valence-electron chi connectivity index (χ3n) is 2.80. The van der Waals surface area contributed by atoms with E-state index in [1.54, 1.807) is 4.68 Å². The van der Waals surface area contributed by atoms with Crippen LogP contribution in [0.3, 0.4) is 0 Å². The Morgan fingerprint density at radius 2 is 2.47 bits per heavy atom. The van der Waals surface area contributed by atoms with Gasteiger partial charge >= 0.3 is 0 Å². The maximum atomic E-state index is 5.71. The first-order chi connectivity index (χ1) is 7.26. The summed E-state index contributed by atoms with van der Waals surface area (Å²) in [5.41, 5.74) is 5.16. The number of hydrogen-bond donors (Lipinski definition) is 1. The van der Waals surface area contributed by atoms with Gasteiger partial charge in [0.1, 0.15) is 5.60 Å². The summed E-state index contributed by atoms with van der Waals surface area (Å²) in [6, 6.07) is 0. The van der Waals surface area contributed by atoms with Gasteiger partial charge in [0.05, 0.1) is 0 Å². The van der Waals surface area contributed by atoms with Gasteiger partial charge in [0.15, 0.2) is 5.82 Å². The van der Waals surface area contributed by atoms with Gasteiger partial charge in [-0.3, -0.25) is 0 Å². The zero-order valence-electron chi connectivity index (χ0n) is 9.02. The molecule has 0 radical (unpaired) electrons. The average Bonchev–Trinajstić information content (AvgIpc) is 2.84. The highest BCUT2D eigenvalue weighted by Crippen LogP contribution is 2.33. The molecule has 0 saturated carbocycles. The van der Waals surface area contributed by atoms with Crippen molar-refractivity contribution in [3.05, 3.63) is 5.82 Å². The smallest absolute Gasteiger partial charge is 0.183 e. The second-order valence-corrected chi connectivity index (χ2v) is 4.05. The van der Waals surface area contributed by atoms with E-state index in [9.17, 15) is 0 Å². The van der Waals surface area contributed by atoms with Gasteiger partial charge in [-0.1, -0.05) is 0 Å². The summed E-state index contributed by atoms with van der Waals surface area (Å²) in [7, 11) is 0. The number of ether oxygens (including phenoxy) is 1. The molecule has 0 amide bonds. The van der Waals surface area contributed by atoms with Crippen LogP contribution in [-0.2, 0) is 16.9 Å². The molecule has 2 rings (SSSR count). The summed E-state index contributed by atoms with van der Waals surface area (Å²) in [6.45, 7) is 4.25. The predicted octanol–water partition coefficient (Wildman–Crippen LogP) is 0.0475. The maximum Gasteiger partial charge on any atom is 0.183 e. The zero-order valence-corrected chi connectivity index (χ0v) is 9.02. The van der Waals surface area contributed by atoms with Gasteiger partial charge < -0.3 is 10.5 Å². The first-order valence-electron chi connectivity index (χ1n) is 5.37. The summed E-state index contributed by atoms with van der Waals surface area (Å²) in [4.78, 5) is 0. The van der Waals surface area contributed by atoms with Crippen LogP contribution in [0.25, 0.3) is 0 Å². The lowest BCUT2D eigenvalue weighted by Gasteiger charge is -2.21. The lowest BCUT2D eigenvalue weighted by atomic mass is 10.0. The Hall–Kier alpha value is -1.01. The maximum absolute atomic E-state index is 5.71. The minimum Gasteiger partial charge on any atom is -0.367 e. The lowest BCUT2D eigenvalue weighted by Crippen LogP contribution is -2.26. The van der Waals surface area contributed by atoms with E-state index < -0.39 is 0 Å². The number of aryl methyl sites for hydroxylation is 1. The molecule has 15 heavy (non-hydrogen) atoms. The molecule has 0 spiro atoms. The number of rotatable bonds is 4. The van der Waals surface area contributed by atoms with Crippen molar-refractivity contribution >= 4 is 0 Å². The van der Waals surface area contributed by atoms with Gasteiger partial charge in [-0.25, -0.2) is 4.68 Å². The SMILES string of the molecule is CC1(c2nnnn2CCCN)CCCO1. The molecule has 1 unspecified atom stereocenters. The third kappa shape index (κ3) is 2.00. The first kappa shape index (κ1) is 10.5. The molecule has 1 atom stereocenters. The standard InChI is InChI=1S/C9H17N5O/c1-9(4-2-7-15-9)8-11-12-13-14(8)6-3-5-10/h2-7,10H2,1H3. The van der Waals surface area contributed by atoms with E-state index in [1.165, 1.54) is 0 Å². The van der Waals surface area contributed by atoms with E-state index in [0.29, 0.717) is 6.54 Å². The summed E-state index contributed by atoms with van der Waals surface area (Å²) < 4.78 is 7.51. The molecule has 1 aromatic rings. The molecule has 0 aromatic carbocycles. The molecule has 1 aromatic heterocycles. The molecule has 0 aliphatic carbocycles. The fourth-order valence-corrected chi connectivity index (χ4v) is 1.93. The van der Waals surface area contributed by atoms with Crippen molar-refractivity contribution < 1.29 is 4.74 Å². The molecule has 2 heterocycles. The van der Waals surface area contributed by atoms with Crippen molar-refractivity contribution in [2.75, 3.05) is 13.2 Å². The van der Waals surface area contributed by atoms with Crippen LogP contribution in [0.15, 0.2) is 0 Å². The topological polar surface area (TPSA) is 78.9 Å². The molecule has 1 fully saturated rings. The van der Waals surface area contributed by atoms with E-state index in [0.717, 1.165) is 38.2 Å². The quantitative estimate of drug-likeness (QED) is 0.761. The van der Waals surface area contributed by atoms with Crippen LogP contribution in [-0.4, -0.2) is 33.4 Å². The second-order valence-electron chi connectivity index (χ2n) is 4.05. The lowest BCUT2D eigenvalue weighted by molar-refractivity contribution is 0.00542. The second kappa shape index (κ2) is 4.24. The molecule has 6 nitrogen and oxygen atoms in total. The Morgan fingerprint density at radius 1 is 1.60 bits per heavy atom. The van der Waals surface area contributed by atoms with Crippen LogP contribution in [0.4, 0.5) is 0 Å². The van der Waals surface area contributed by atoms with Crippen LogP contribution in [0.1, 0.15) is 32.0 Å². The fraction of sp³-hybridized carbons (Fsp3) is 0.889. The summed E-state index contributed by atoms with van der Waals surface area (Å²) >= 11 is 0. The van der Waals surface area contributed by atoms with Gasteiger partial charge in [0, 0.05) is 13.2 Å². The van der Waals surface area contributed by atoms with Crippen LogP contribution in [0.2, 0.25) is 0 Å². The monoisotopic (exact) mass is 211 g/mol. The third-order valence-corrected chi connectivity index (χ3v) is 2.80. The highest BCUT2D eigenvalue weighted by atomic mass is 16.5. The van der Waals surface area contributed by atoms with E-state index in [-0.39, 0.29) is 5.60 Å². The van der Waals surface area contributed by atoms with Gasteiger partial charge in [-0.2, -0.15) is 0 Å². The molecule has 84 valence electrons. The van der Waals surface area contributed by atoms with Crippen LogP contribution < -0.4 is 5.73 Å². The Balaban J connectivity index is 2.16. The summed E-state index contributed by atoms with van der Waals surface area (Å²) in [5.74, 6) is 0.827. The Labute approximate surface area is 88.8 Å². The molecule has 1 aliphatic rings. The molecule has 6 heteroatoms. The minimum absolute atomic E-state index is 0.307. The number of nitrogens with zero attached hydrogens (tertiary/aromatic N) is 4. The number of nitrogens with two attached hydrogens (primary N) is 1. The molecule has 1 aliphatic heterocycles.